The molecule has 4 rings (SSSR count). The number of anilines is 1. The Morgan fingerprint density at radius 2 is 1.68 bits per heavy atom. The summed E-state index contributed by atoms with van der Waals surface area (Å²) in [5, 5.41) is 15.6. The summed E-state index contributed by atoms with van der Waals surface area (Å²) in [6.45, 7) is 0. The Hall–Kier alpha value is -2.56. The van der Waals surface area contributed by atoms with E-state index in [1.54, 1.807) is 26.0 Å². The van der Waals surface area contributed by atoms with E-state index in [4.69, 9.17) is 14.2 Å². The van der Waals surface area contributed by atoms with E-state index in [-0.39, 0.29) is 12.1 Å². The van der Waals surface area contributed by atoms with Gasteiger partial charge >= 0.3 is 0 Å². The van der Waals surface area contributed by atoms with Crippen molar-refractivity contribution in [3.63, 3.8) is 0 Å². The Balaban J connectivity index is 1.79. The number of hydrogen-bond acceptors (Lipinski definition) is 7. The number of hydrogen-bond donors (Lipinski definition) is 1. The van der Waals surface area contributed by atoms with Crippen molar-refractivity contribution >= 4 is 28.5 Å². The van der Waals surface area contributed by atoms with Crippen molar-refractivity contribution in [3.8, 4) is 17.2 Å². The van der Waals surface area contributed by atoms with E-state index in [9.17, 15) is 0 Å². The first-order chi connectivity index (χ1) is 13.6. The van der Waals surface area contributed by atoms with Gasteiger partial charge in [-0.05, 0) is 63.2 Å². The standard InChI is InChI=1S/C19H20IN5O3/c1-26-16-10-18(28-3)17(27-2)8-13(16)15-9-14(11-4-6-12(20)7-5-11)21-19-22-23-24-25(15)19/h4-8,10,14-15H,9H2,1-3H3,(H,21,22,24)/t14-,15+/m0/s1. The van der Waals surface area contributed by atoms with Crippen LogP contribution in [-0.2, 0) is 0 Å². The number of benzene rings is 2. The number of nitrogens with zero attached hydrogens (tertiary/aromatic N) is 4. The number of halogens is 1. The SMILES string of the molecule is COc1cc(OC)c([C@H]2C[C@@H](c3ccc(I)cc3)Nc3nnnn32)cc1OC. The summed E-state index contributed by atoms with van der Waals surface area (Å²) in [7, 11) is 4.87. The van der Waals surface area contributed by atoms with E-state index in [0.29, 0.717) is 23.2 Å². The van der Waals surface area contributed by atoms with Gasteiger partial charge in [0.15, 0.2) is 11.5 Å². The van der Waals surface area contributed by atoms with Crippen LogP contribution in [0.2, 0.25) is 0 Å². The van der Waals surface area contributed by atoms with Gasteiger partial charge in [0.05, 0.1) is 33.4 Å². The lowest BCUT2D eigenvalue weighted by atomic mass is 9.92. The molecule has 3 aromatic rings. The average molecular weight is 493 g/mol. The van der Waals surface area contributed by atoms with Crippen LogP contribution < -0.4 is 19.5 Å². The highest BCUT2D eigenvalue weighted by Gasteiger charge is 2.33. The molecule has 0 fully saturated rings. The van der Waals surface area contributed by atoms with Crippen molar-refractivity contribution in [1.82, 2.24) is 20.2 Å². The molecule has 1 aromatic heterocycles. The van der Waals surface area contributed by atoms with Crippen LogP contribution in [0.25, 0.3) is 0 Å². The Kier molecular flexibility index (Phi) is 5.25. The topological polar surface area (TPSA) is 83.3 Å². The lowest BCUT2D eigenvalue weighted by Crippen LogP contribution is -2.28. The molecule has 146 valence electrons. The van der Waals surface area contributed by atoms with Gasteiger partial charge in [-0.2, -0.15) is 0 Å². The maximum Gasteiger partial charge on any atom is 0.243 e. The Morgan fingerprint density at radius 1 is 1.00 bits per heavy atom. The summed E-state index contributed by atoms with van der Waals surface area (Å²) in [5.41, 5.74) is 2.12. The van der Waals surface area contributed by atoms with Gasteiger partial charge in [0, 0.05) is 15.2 Å². The molecule has 2 heterocycles. The Labute approximate surface area is 176 Å². The fraction of sp³-hybridized carbons (Fsp3) is 0.316. The van der Waals surface area contributed by atoms with Crippen molar-refractivity contribution < 1.29 is 14.2 Å². The smallest absolute Gasteiger partial charge is 0.243 e. The molecule has 9 heteroatoms. The molecule has 0 aliphatic carbocycles. The highest BCUT2D eigenvalue weighted by atomic mass is 127. The van der Waals surface area contributed by atoms with E-state index in [1.165, 1.54) is 9.13 Å². The molecule has 2 atom stereocenters. The molecular formula is C19H20IN5O3. The summed E-state index contributed by atoms with van der Waals surface area (Å²) in [4.78, 5) is 0. The summed E-state index contributed by atoms with van der Waals surface area (Å²) in [6.07, 6.45) is 0.754. The van der Waals surface area contributed by atoms with Crippen molar-refractivity contribution in [2.75, 3.05) is 26.6 Å². The third-order valence-corrected chi connectivity index (χ3v) is 5.64. The lowest BCUT2D eigenvalue weighted by molar-refractivity contribution is 0.340. The molecular weight excluding hydrogens is 473 g/mol. The molecule has 1 aliphatic heterocycles. The predicted octanol–water partition coefficient (Wildman–Crippen LogP) is 3.45. The highest BCUT2D eigenvalue weighted by Crippen LogP contribution is 2.44. The van der Waals surface area contributed by atoms with Gasteiger partial charge in [0.1, 0.15) is 5.75 Å². The number of methoxy groups -OCH3 is 3. The quantitative estimate of drug-likeness (QED) is 0.546. The molecule has 0 unspecified atom stereocenters. The Morgan fingerprint density at radius 3 is 2.36 bits per heavy atom. The van der Waals surface area contributed by atoms with Crippen molar-refractivity contribution in [1.29, 1.82) is 0 Å². The van der Waals surface area contributed by atoms with Gasteiger partial charge in [-0.3, -0.25) is 0 Å². The molecule has 0 bridgehead atoms. The molecule has 1 N–H and O–H groups in total. The number of aromatic nitrogens is 4. The molecule has 2 aromatic carbocycles. The van der Waals surface area contributed by atoms with Gasteiger partial charge in [0.25, 0.3) is 0 Å². The maximum atomic E-state index is 5.65. The molecule has 1 aliphatic rings. The van der Waals surface area contributed by atoms with Gasteiger partial charge in [0.2, 0.25) is 5.95 Å². The second-order valence-corrected chi connectivity index (χ2v) is 7.64. The number of rotatable bonds is 5. The van der Waals surface area contributed by atoms with E-state index in [2.05, 4.69) is 67.7 Å². The third-order valence-electron chi connectivity index (χ3n) is 4.92. The van der Waals surface area contributed by atoms with Crippen LogP contribution in [-0.4, -0.2) is 41.5 Å². The van der Waals surface area contributed by atoms with Crippen LogP contribution >= 0.6 is 22.6 Å². The summed E-state index contributed by atoms with van der Waals surface area (Å²) >= 11 is 2.30. The molecule has 8 nitrogen and oxygen atoms in total. The number of ether oxygens (including phenoxy) is 3. The molecule has 0 spiro atoms. The van der Waals surface area contributed by atoms with E-state index in [1.807, 2.05) is 12.1 Å². The van der Waals surface area contributed by atoms with Crippen LogP contribution in [0.3, 0.4) is 0 Å². The van der Waals surface area contributed by atoms with Gasteiger partial charge in [-0.1, -0.05) is 17.2 Å². The van der Waals surface area contributed by atoms with Crippen LogP contribution in [0.1, 0.15) is 29.6 Å². The van der Waals surface area contributed by atoms with Gasteiger partial charge in [-0.25, -0.2) is 4.68 Å². The fourth-order valence-corrected chi connectivity index (χ4v) is 3.88. The molecule has 0 radical (unpaired) electrons. The first-order valence-electron chi connectivity index (χ1n) is 8.74. The molecule has 0 saturated heterocycles. The summed E-state index contributed by atoms with van der Waals surface area (Å²) in [5.74, 6) is 2.57. The minimum absolute atomic E-state index is 0.0679. The molecule has 28 heavy (non-hydrogen) atoms. The fourth-order valence-electron chi connectivity index (χ4n) is 3.52. The number of nitrogens with one attached hydrogen (secondary N) is 1. The van der Waals surface area contributed by atoms with Crippen LogP contribution in [0.15, 0.2) is 36.4 Å². The van der Waals surface area contributed by atoms with Crippen LogP contribution in [0.5, 0.6) is 17.2 Å². The van der Waals surface area contributed by atoms with Crippen molar-refractivity contribution in [2.24, 2.45) is 0 Å². The van der Waals surface area contributed by atoms with E-state index >= 15 is 0 Å². The number of tetrazole rings is 1. The van der Waals surface area contributed by atoms with Gasteiger partial charge in [-0.15, -0.1) is 0 Å². The largest absolute Gasteiger partial charge is 0.496 e. The lowest BCUT2D eigenvalue weighted by Gasteiger charge is -2.32. The molecule has 0 saturated carbocycles. The summed E-state index contributed by atoms with van der Waals surface area (Å²) in [6, 6.07) is 12.2. The molecule has 0 amide bonds. The predicted molar refractivity (Wildman–Crippen MR) is 112 cm³/mol. The average Bonchev–Trinajstić information content (AvgIpc) is 3.21. The zero-order valence-electron chi connectivity index (χ0n) is 15.7. The van der Waals surface area contributed by atoms with Crippen LogP contribution in [0.4, 0.5) is 5.95 Å². The van der Waals surface area contributed by atoms with E-state index < -0.39 is 0 Å². The maximum absolute atomic E-state index is 5.65. The first-order valence-corrected chi connectivity index (χ1v) is 9.82. The summed E-state index contributed by atoms with van der Waals surface area (Å²) < 4.78 is 19.5. The van der Waals surface area contributed by atoms with Crippen molar-refractivity contribution in [2.45, 2.75) is 18.5 Å². The van der Waals surface area contributed by atoms with Gasteiger partial charge < -0.3 is 19.5 Å². The monoisotopic (exact) mass is 493 g/mol. The zero-order valence-corrected chi connectivity index (χ0v) is 17.9. The minimum Gasteiger partial charge on any atom is -0.496 e. The van der Waals surface area contributed by atoms with Crippen molar-refractivity contribution in [3.05, 3.63) is 51.1 Å². The highest BCUT2D eigenvalue weighted by molar-refractivity contribution is 14.1. The number of fused-ring (bicyclic) bond motifs is 1. The third kappa shape index (κ3) is 3.34. The Bertz CT molecular complexity index is 976. The normalized spacial score (nSPS) is 18.1. The zero-order chi connectivity index (χ0) is 19.7. The minimum atomic E-state index is -0.120. The second kappa shape index (κ2) is 7.82. The van der Waals surface area contributed by atoms with Crippen LogP contribution in [0, 0.1) is 3.57 Å². The van der Waals surface area contributed by atoms with E-state index in [0.717, 1.165) is 12.0 Å². The first kappa shape index (κ1) is 18.8. The second-order valence-electron chi connectivity index (χ2n) is 6.40.